The second-order valence-electron chi connectivity index (χ2n) is 9.83. The highest BCUT2D eigenvalue weighted by Gasteiger charge is 2.73. The molecule has 1 aromatic rings. The number of anilines is 1. The number of hydrogen-bond donors (Lipinski definition) is 0. The van der Waals surface area contributed by atoms with Gasteiger partial charge in [0.1, 0.15) is 0 Å². The Labute approximate surface area is 178 Å². The molecule has 5 fully saturated rings. The lowest BCUT2D eigenvalue weighted by molar-refractivity contribution is -0.141. The van der Waals surface area contributed by atoms with Crippen LogP contribution in [0.1, 0.15) is 24.8 Å². The number of fused-ring (bicyclic) bond motifs is 8. The molecule has 2 saturated carbocycles. The zero-order valence-corrected chi connectivity index (χ0v) is 17.7. The van der Waals surface area contributed by atoms with Crippen LogP contribution < -0.4 is 4.90 Å². The van der Waals surface area contributed by atoms with E-state index in [0.717, 1.165) is 52.0 Å². The number of piperazine rings is 1. The normalized spacial score (nSPS) is 37.1. The highest BCUT2D eigenvalue weighted by atomic mass is 16.6. The molecule has 3 aliphatic heterocycles. The van der Waals surface area contributed by atoms with Gasteiger partial charge in [-0.25, -0.2) is 0 Å². The summed E-state index contributed by atoms with van der Waals surface area (Å²) in [5.74, 6) is 0.685. The highest BCUT2D eigenvalue weighted by molar-refractivity contribution is 6.06. The molecule has 2 bridgehead atoms. The number of imide groups is 1. The van der Waals surface area contributed by atoms with Crippen LogP contribution in [0.2, 0.25) is 0 Å². The third-order valence-electron chi connectivity index (χ3n) is 8.30. The summed E-state index contributed by atoms with van der Waals surface area (Å²) < 4.78 is 5.68. The molecular weight excluding hydrogens is 378 g/mol. The fourth-order valence-electron chi connectivity index (χ4n) is 6.74. The topological polar surface area (TPSA) is 56.4 Å². The van der Waals surface area contributed by atoms with Crippen LogP contribution in [0.15, 0.2) is 24.3 Å². The highest BCUT2D eigenvalue weighted by Crippen LogP contribution is 2.63. The van der Waals surface area contributed by atoms with Crippen LogP contribution in [-0.2, 0) is 14.3 Å². The Morgan fingerprint density at radius 1 is 0.900 bits per heavy atom. The lowest BCUT2D eigenvalue weighted by Gasteiger charge is -2.36. The first-order valence-electron chi connectivity index (χ1n) is 11.7. The largest absolute Gasteiger partial charge is 0.369 e. The number of benzene rings is 1. The van der Waals surface area contributed by atoms with Crippen molar-refractivity contribution in [1.29, 1.82) is 0 Å². The Bertz CT molecular complexity index is 833. The lowest BCUT2D eigenvalue weighted by atomic mass is 9.81. The monoisotopic (exact) mass is 409 g/mol. The van der Waals surface area contributed by atoms with Crippen LogP contribution in [0.25, 0.3) is 0 Å². The average Bonchev–Trinajstić information content (AvgIpc) is 3.28. The van der Waals surface area contributed by atoms with E-state index in [1.54, 1.807) is 4.90 Å². The van der Waals surface area contributed by atoms with E-state index in [1.165, 1.54) is 11.3 Å². The number of epoxide rings is 1. The maximum atomic E-state index is 12.9. The van der Waals surface area contributed by atoms with Gasteiger partial charge in [0.25, 0.3) is 0 Å². The Morgan fingerprint density at radius 3 is 2.20 bits per heavy atom. The van der Waals surface area contributed by atoms with Crippen LogP contribution >= 0.6 is 0 Å². The number of carbonyl (C=O) groups excluding carboxylic acids is 2. The first-order valence-corrected chi connectivity index (χ1v) is 11.7. The molecule has 6 atom stereocenters. The van der Waals surface area contributed by atoms with Gasteiger partial charge in [-0.1, -0.05) is 18.2 Å². The zero-order chi connectivity index (χ0) is 20.4. The summed E-state index contributed by atoms with van der Waals surface area (Å²) in [6.07, 6.45) is 3.55. The van der Waals surface area contributed by atoms with Crippen LogP contribution in [0.5, 0.6) is 0 Å². The predicted molar refractivity (Wildman–Crippen MR) is 113 cm³/mol. The number of para-hydroxylation sites is 1. The number of amides is 2. The lowest BCUT2D eigenvalue weighted by Crippen LogP contribution is -2.47. The Morgan fingerprint density at radius 2 is 1.53 bits per heavy atom. The van der Waals surface area contributed by atoms with E-state index >= 15 is 0 Å². The molecule has 6 heteroatoms. The molecule has 3 saturated heterocycles. The SMILES string of the molecule is Cc1ccccc1N1CCN(CCCCN2C(=O)[C@@H]3[C@H]4C[C@H]([C@@H]5O[C@H]45)[C@@H]3C2=O)CC1. The molecule has 160 valence electrons. The minimum Gasteiger partial charge on any atom is -0.369 e. The summed E-state index contributed by atoms with van der Waals surface area (Å²) in [4.78, 5) is 32.3. The predicted octanol–water partition coefficient (Wildman–Crippen LogP) is 1.92. The molecule has 0 aromatic heterocycles. The van der Waals surface area contributed by atoms with Gasteiger partial charge in [0, 0.05) is 50.2 Å². The fourth-order valence-corrected chi connectivity index (χ4v) is 6.74. The standard InChI is InChI=1S/C24H31N3O3/c1-15-6-2-3-7-18(15)26-12-10-25(11-13-26)8-4-5-9-27-23(28)19-16-14-17(20(19)24(27)29)22-21(16)30-22/h2-3,6-7,16-17,19-22H,4-5,8-14H2,1H3/t16-,17+,19-,20+,21-,22+. The van der Waals surface area contributed by atoms with Gasteiger partial charge in [0.2, 0.25) is 11.8 Å². The summed E-state index contributed by atoms with van der Waals surface area (Å²) in [5.41, 5.74) is 2.69. The molecule has 0 unspecified atom stereocenters. The van der Waals surface area contributed by atoms with Gasteiger partial charge in [0.05, 0.1) is 24.0 Å². The molecule has 6 rings (SSSR count). The van der Waals surface area contributed by atoms with Gasteiger partial charge in [-0.15, -0.1) is 0 Å². The smallest absolute Gasteiger partial charge is 0.233 e. The third kappa shape index (κ3) is 2.83. The summed E-state index contributed by atoms with van der Waals surface area (Å²) in [6.45, 7) is 8.10. The number of ether oxygens (including phenoxy) is 1. The van der Waals surface area contributed by atoms with E-state index in [0.29, 0.717) is 18.4 Å². The van der Waals surface area contributed by atoms with Gasteiger partial charge in [-0.2, -0.15) is 0 Å². The number of hydrogen-bond acceptors (Lipinski definition) is 5. The van der Waals surface area contributed by atoms with Crippen molar-refractivity contribution in [2.45, 2.75) is 38.4 Å². The number of nitrogens with zero attached hydrogens (tertiary/aromatic N) is 3. The van der Waals surface area contributed by atoms with Crippen LogP contribution in [0.4, 0.5) is 5.69 Å². The van der Waals surface area contributed by atoms with Gasteiger partial charge in [-0.3, -0.25) is 19.4 Å². The van der Waals surface area contributed by atoms with Crippen molar-refractivity contribution in [2.24, 2.45) is 23.7 Å². The first-order chi connectivity index (χ1) is 14.6. The van der Waals surface area contributed by atoms with Gasteiger partial charge >= 0.3 is 0 Å². The van der Waals surface area contributed by atoms with Gasteiger partial charge in [0.15, 0.2) is 0 Å². The second-order valence-corrected chi connectivity index (χ2v) is 9.83. The van der Waals surface area contributed by atoms with Crippen LogP contribution in [-0.4, -0.2) is 73.1 Å². The molecule has 5 aliphatic rings. The van der Waals surface area contributed by atoms with Crippen LogP contribution in [0.3, 0.4) is 0 Å². The summed E-state index contributed by atoms with van der Waals surface area (Å²) in [6, 6.07) is 8.61. The van der Waals surface area contributed by atoms with E-state index in [-0.39, 0.29) is 35.9 Å². The Balaban J connectivity index is 0.960. The third-order valence-corrected chi connectivity index (χ3v) is 8.30. The van der Waals surface area contributed by atoms with Crippen molar-refractivity contribution in [3.63, 3.8) is 0 Å². The fraction of sp³-hybridized carbons (Fsp3) is 0.667. The van der Waals surface area contributed by atoms with E-state index in [2.05, 4.69) is 41.0 Å². The van der Waals surface area contributed by atoms with E-state index in [1.807, 2.05) is 0 Å². The average molecular weight is 410 g/mol. The molecule has 2 amide bonds. The summed E-state index contributed by atoms with van der Waals surface area (Å²) >= 11 is 0. The molecule has 0 radical (unpaired) electrons. The maximum Gasteiger partial charge on any atom is 0.233 e. The Kier molecular flexibility index (Phi) is 4.43. The Hall–Kier alpha value is -1.92. The van der Waals surface area contributed by atoms with Gasteiger partial charge < -0.3 is 9.64 Å². The molecule has 0 spiro atoms. The van der Waals surface area contributed by atoms with E-state index in [4.69, 9.17) is 4.74 Å². The minimum absolute atomic E-state index is 0.0687. The molecule has 2 aliphatic carbocycles. The first kappa shape index (κ1) is 18.8. The van der Waals surface area contributed by atoms with Crippen molar-refractivity contribution in [3.05, 3.63) is 29.8 Å². The molecular formula is C24H31N3O3. The molecule has 1 aromatic carbocycles. The molecule has 3 heterocycles. The van der Waals surface area contributed by atoms with Crippen molar-refractivity contribution < 1.29 is 14.3 Å². The number of aryl methyl sites for hydroxylation is 1. The molecule has 6 nitrogen and oxygen atoms in total. The summed E-state index contributed by atoms with van der Waals surface area (Å²) in [5, 5.41) is 0. The number of unbranched alkanes of at least 4 members (excludes halogenated alkanes) is 1. The maximum absolute atomic E-state index is 12.9. The molecule has 0 N–H and O–H groups in total. The second kappa shape index (κ2) is 7.06. The van der Waals surface area contributed by atoms with Crippen molar-refractivity contribution in [1.82, 2.24) is 9.80 Å². The van der Waals surface area contributed by atoms with Crippen molar-refractivity contribution >= 4 is 17.5 Å². The number of carbonyl (C=O) groups is 2. The van der Waals surface area contributed by atoms with E-state index < -0.39 is 0 Å². The minimum atomic E-state index is -0.0687. The number of likely N-dealkylation sites (tertiary alicyclic amines) is 1. The van der Waals surface area contributed by atoms with Crippen molar-refractivity contribution in [3.8, 4) is 0 Å². The zero-order valence-electron chi connectivity index (χ0n) is 17.7. The van der Waals surface area contributed by atoms with Crippen LogP contribution in [0, 0.1) is 30.6 Å². The molecule has 30 heavy (non-hydrogen) atoms. The quantitative estimate of drug-likeness (QED) is 0.408. The van der Waals surface area contributed by atoms with Crippen molar-refractivity contribution in [2.75, 3.05) is 44.2 Å². The van der Waals surface area contributed by atoms with E-state index in [9.17, 15) is 9.59 Å². The summed E-state index contributed by atoms with van der Waals surface area (Å²) in [7, 11) is 0. The van der Waals surface area contributed by atoms with Gasteiger partial charge in [-0.05, 0) is 44.4 Å². The number of rotatable bonds is 6.